The van der Waals surface area contributed by atoms with E-state index >= 15 is 0 Å². The maximum absolute atomic E-state index is 13.6. The second kappa shape index (κ2) is 13.7. The average molecular weight is 635 g/mol. The maximum atomic E-state index is 13.6. The Morgan fingerprint density at radius 3 is 1.88 bits per heavy atom. The highest BCUT2D eigenvalue weighted by Gasteiger charge is 2.60. The van der Waals surface area contributed by atoms with Crippen LogP contribution in [0.15, 0.2) is 18.2 Å². The Morgan fingerprint density at radius 1 is 0.837 bits per heavy atom. The molecule has 0 atom stereocenters. The predicted octanol–water partition coefficient (Wildman–Crippen LogP) is 6.79. The fourth-order valence-corrected chi connectivity index (χ4v) is 5.92. The molecule has 1 amide bonds. The summed E-state index contributed by atoms with van der Waals surface area (Å²) >= 11 is 0. The van der Waals surface area contributed by atoms with E-state index in [0.29, 0.717) is 24.3 Å². The summed E-state index contributed by atoms with van der Waals surface area (Å²) < 4.78 is 121. The molecule has 0 aliphatic carbocycles. The number of piperazine rings is 1. The lowest BCUT2D eigenvalue weighted by Crippen LogP contribution is -2.52. The van der Waals surface area contributed by atoms with E-state index < -0.39 is 36.3 Å². The van der Waals surface area contributed by atoms with E-state index in [1.165, 1.54) is 6.07 Å². The summed E-state index contributed by atoms with van der Waals surface area (Å²) in [6, 6.07) is 3.56. The Kier molecular flexibility index (Phi) is 11.2. The highest BCUT2D eigenvalue weighted by Crippen LogP contribution is 2.43. The molecule has 0 unspecified atom stereocenters. The number of halogens is 9. The zero-order chi connectivity index (χ0) is 32.2. The minimum atomic E-state index is -5.81. The molecule has 6 nitrogen and oxygen atoms in total. The van der Waals surface area contributed by atoms with E-state index in [4.69, 9.17) is 0 Å². The number of hydrogen-bond donors (Lipinski definition) is 0. The van der Waals surface area contributed by atoms with Gasteiger partial charge in [-0.05, 0) is 55.5 Å². The number of benzene rings is 1. The zero-order valence-corrected chi connectivity index (χ0v) is 24.5. The Hall–Kier alpha value is -2.42. The van der Waals surface area contributed by atoms with Crippen molar-refractivity contribution < 1.29 is 49.0 Å². The van der Waals surface area contributed by atoms with E-state index in [-0.39, 0.29) is 38.1 Å². The number of carbonyl (C=O) groups excluding carboxylic acids is 1. The lowest BCUT2D eigenvalue weighted by atomic mass is 9.77. The van der Waals surface area contributed by atoms with Gasteiger partial charge < -0.3 is 19.4 Å². The third-order valence-corrected chi connectivity index (χ3v) is 8.38. The van der Waals surface area contributed by atoms with Crippen LogP contribution in [-0.2, 0) is 17.5 Å². The van der Waals surface area contributed by atoms with Gasteiger partial charge in [0.05, 0.1) is 5.56 Å². The first-order chi connectivity index (χ1) is 20.0. The average Bonchev–Trinajstić information content (AvgIpc) is 3.34. The lowest BCUT2D eigenvalue weighted by molar-refractivity contribution is -0.308. The number of likely N-dealkylation sites (tertiary alicyclic amines) is 1. The van der Waals surface area contributed by atoms with Crippen LogP contribution in [0.3, 0.4) is 0 Å². The molecule has 0 bridgehead atoms. The molecule has 0 saturated carbocycles. The number of hydrogen-bond acceptors (Lipinski definition) is 5. The Morgan fingerprint density at radius 2 is 1.40 bits per heavy atom. The summed E-state index contributed by atoms with van der Waals surface area (Å²) in [7, 11) is 0. The van der Waals surface area contributed by atoms with Crippen molar-refractivity contribution in [3.63, 3.8) is 0 Å². The second-order valence-corrected chi connectivity index (χ2v) is 11.1. The molecule has 0 radical (unpaired) electrons. The van der Waals surface area contributed by atoms with Crippen molar-refractivity contribution in [2.45, 2.75) is 71.2 Å². The Labute approximate surface area is 245 Å². The number of anilines is 1. The molecule has 246 valence electrons. The fraction of sp³-hybridized carbons (Fsp3) is 0.750. The Balaban J connectivity index is 0.00000248. The van der Waals surface area contributed by atoms with Crippen LogP contribution >= 0.6 is 0 Å². The number of nitrogens with zero attached hydrogens (tertiary/aromatic N) is 4. The van der Waals surface area contributed by atoms with Gasteiger partial charge in [-0.25, -0.2) is 4.79 Å². The molecular formula is C28H39F9N4O2. The van der Waals surface area contributed by atoms with Crippen molar-refractivity contribution in [2.75, 3.05) is 63.8 Å². The van der Waals surface area contributed by atoms with Gasteiger partial charge in [-0.2, -0.15) is 39.5 Å². The smallest absolute Gasteiger partial charge is 0.426 e. The summed E-state index contributed by atoms with van der Waals surface area (Å²) in [5, 5.41) is 0. The van der Waals surface area contributed by atoms with Crippen LogP contribution in [0.1, 0.15) is 51.2 Å². The van der Waals surface area contributed by atoms with Gasteiger partial charge in [0.15, 0.2) is 0 Å². The standard InChI is InChI=1S/C26H33F9N4O2.C2H6/c1-2-36-8-5-23(17-36)6-9-38(10-7-23)20-15-19(24(27,28)29)4-3-18(20)16-37-11-13-39(14-12-37)22(40)41-21(25(30,31)32)26(33,34)35;1-2/h3-4,15,21H,2,5-14,16-17H2,1H3;1-2H3. The van der Waals surface area contributed by atoms with E-state index in [0.717, 1.165) is 55.9 Å². The van der Waals surface area contributed by atoms with E-state index in [2.05, 4.69) is 16.6 Å². The van der Waals surface area contributed by atoms with Gasteiger partial charge in [0.1, 0.15) is 0 Å². The van der Waals surface area contributed by atoms with Gasteiger partial charge >= 0.3 is 24.6 Å². The van der Waals surface area contributed by atoms with Gasteiger partial charge in [0.2, 0.25) is 0 Å². The lowest BCUT2D eigenvalue weighted by Gasteiger charge is -2.42. The predicted molar refractivity (Wildman–Crippen MR) is 143 cm³/mol. The van der Waals surface area contributed by atoms with Crippen LogP contribution in [0.5, 0.6) is 0 Å². The van der Waals surface area contributed by atoms with Gasteiger partial charge in [-0.15, -0.1) is 0 Å². The molecule has 1 aromatic rings. The number of piperidine rings is 1. The molecule has 15 heteroatoms. The van der Waals surface area contributed by atoms with Crippen LogP contribution in [0, 0.1) is 5.41 Å². The van der Waals surface area contributed by atoms with Crippen molar-refractivity contribution in [1.29, 1.82) is 0 Å². The third kappa shape index (κ3) is 8.83. The third-order valence-electron chi connectivity index (χ3n) is 8.38. The van der Waals surface area contributed by atoms with Gasteiger partial charge in [0.25, 0.3) is 6.10 Å². The molecule has 3 fully saturated rings. The quantitative estimate of drug-likeness (QED) is 0.334. The van der Waals surface area contributed by atoms with Gasteiger partial charge in [-0.1, -0.05) is 26.8 Å². The van der Waals surface area contributed by atoms with E-state index in [1.54, 1.807) is 4.90 Å². The van der Waals surface area contributed by atoms with Crippen LogP contribution in [-0.4, -0.2) is 98.2 Å². The van der Waals surface area contributed by atoms with Crippen molar-refractivity contribution in [2.24, 2.45) is 5.41 Å². The van der Waals surface area contributed by atoms with Crippen LogP contribution in [0.2, 0.25) is 0 Å². The molecule has 1 aromatic carbocycles. The van der Waals surface area contributed by atoms with Crippen molar-refractivity contribution >= 4 is 11.8 Å². The number of alkyl halides is 9. The van der Waals surface area contributed by atoms with Gasteiger partial charge in [-0.3, -0.25) is 4.90 Å². The minimum absolute atomic E-state index is 0.0915. The van der Waals surface area contributed by atoms with Crippen molar-refractivity contribution in [3.05, 3.63) is 29.3 Å². The Bertz CT molecular complexity index is 1050. The normalized spacial score (nSPS) is 20.4. The first-order valence-corrected chi connectivity index (χ1v) is 14.5. The first-order valence-electron chi connectivity index (χ1n) is 14.5. The fourth-order valence-electron chi connectivity index (χ4n) is 5.92. The molecule has 1 spiro atoms. The maximum Gasteiger partial charge on any atom is 0.434 e. The van der Waals surface area contributed by atoms with Gasteiger partial charge in [0, 0.05) is 58.0 Å². The molecular weight excluding hydrogens is 595 g/mol. The topological polar surface area (TPSA) is 39.3 Å². The number of amides is 1. The molecule has 0 aromatic heterocycles. The number of ether oxygens (including phenoxy) is 1. The van der Waals surface area contributed by atoms with Crippen LogP contribution < -0.4 is 4.90 Å². The summed E-state index contributed by atoms with van der Waals surface area (Å²) in [5.74, 6) is 0. The summed E-state index contributed by atoms with van der Waals surface area (Å²) in [4.78, 5) is 19.0. The van der Waals surface area contributed by atoms with Crippen molar-refractivity contribution in [1.82, 2.24) is 14.7 Å². The summed E-state index contributed by atoms with van der Waals surface area (Å²) in [5.41, 5.74) is 0.475. The first kappa shape index (κ1) is 35.1. The minimum Gasteiger partial charge on any atom is -0.426 e. The summed E-state index contributed by atoms with van der Waals surface area (Å²) in [6.45, 7) is 10.2. The molecule has 4 rings (SSSR count). The highest BCUT2D eigenvalue weighted by molar-refractivity contribution is 5.68. The van der Waals surface area contributed by atoms with Crippen LogP contribution in [0.25, 0.3) is 0 Å². The SMILES string of the molecule is CC.CCN1CCC2(CCN(c3cc(C(F)(F)F)ccc3CN3CCN(C(=O)OC(C(F)(F)F)C(F)(F)F)CC3)CC2)C1. The molecule has 3 saturated heterocycles. The molecule has 43 heavy (non-hydrogen) atoms. The zero-order valence-electron chi connectivity index (χ0n) is 24.5. The monoisotopic (exact) mass is 634 g/mol. The van der Waals surface area contributed by atoms with E-state index in [1.807, 2.05) is 18.7 Å². The molecule has 0 N–H and O–H groups in total. The van der Waals surface area contributed by atoms with E-state index in [9.17, 15) is 44.3 Å². The number of rotatable bonds is 5. The largest absolute Gasteiger partial charge is 0.434 e. The number of carbonyl (C=O) groups is 1. The second-order valence-electron chi connectivity index (χ2n) is 11.1. The molecule has 3 aliphatic heterocycles. The van der Waals surface area contributed by atoms with Crippen molar-refractivity contribution in [3.8, 4) is 0 Å². The molecule has 3 heterocycles. The summed E-state index contributed by atoms with van der Waals surface area (Å²) in [6.07, 6.45) is -19.3. The molecule has 3 aliphatic rings. The van der Waals surface area contributed by atoms with Crippen LogP contribution in [0.4, 0.5) is 50.0 Å². The highest BCUT2D eigenvalue weighted by atomic mass is 19.4.